The maximum atomic E-state index is 11.5. The van der Waals surface area contributed by atoms with E-state index in [0.29, 0.717) is 12.5 Å². The smallest absolute Gasteiger partial charge is 0.324 e. The van der Waals surface area contributed by atoms with Gasteiger partial charge in [0.15, 0.2) is 0 Å². The predicted molar refractivity (Wildman–Crippen MR) is 81.4 cm³/mol. The number of benzene rings is 1. The molecular weight excluding hydrogens is 266 g/mol. The number of urea groups is 1. The summed E-state index contributed by atoms with van der Waals surface area (Å²) in [6.07, 6.45) is 1.96. The molecule has 1 fully saturated rings. The Hall–Kier alpha value is -2.04. The number of carbonyl (C=O) groups is 2. The molecule has 1 atom stereocenters. The summed E-state index contributed by atoms with van der Waals surface area (Å²) in [4.78, 5) is 26.7. The molecule has 1 aromatic carbocycles. The van der Waals surface area contributed by atoms with Crippen LogP contribution in [0.3, 0.4) is 0 Å². The molecular formula is C16H21N3O2. The second-order valence-electron chi connectivity index (χ2n) is 5.79. The minimum Gasteiger partial charge on any atom is -0.371 e. The lowest BCUT2D eigenvalue weighted by Gasteiger charge is -2.34. The molecule has 0 bridgehead atoms. The van der Waals surface area contributed by atoms with Crippen molar-refractivity contribution in [2.24, 2.45) is 0 Å². The van der Waals surface area contributed by atoms with Crippen molar-refractivity contribution >= 4 is 17.6 Å². The number of rotatable bonds is 4. The van der Waals surface area contributed by atoms with Crippen LogP contribution in [0.2, 0.25) is 0 Å². The van der Waals surface area contributed by atoms with E-state index >= 15 is 0 Å². The summed E-state index contributed by atoms with van der Waals surface area (Å²) in [6.45, 7) is 4.82. The molecule has 3 amide bonds. The largest absolute Gasteiger partial charge is 0.371 e. The standard InChI is InChI=1S/C16H21N3O2/c1-12-7-10-18(14-6-3-2-5-13(12)14)8-4-9-19-15(20)11-17-16(19)21/h2-3,5-6,12H,4,7-11H2,1H3,(H,17,21). The van der Waals surface area contributed by atoms with E-state index in [4.69, 9.17) is 0 Å². The third kappa shape index (κ3) is 2.73. The zero-order valence-corrected chi connectivity index (χ0v) is 12.3. The van der Waals surface area contributed by atoms with E-state index in [0.717, 1.165) is 25.9 Å². The molecule has 0 spiro atoms. The molecule has 0 aliphatic carbocycles. The summed E-state index contributed by atoms with van der Waals surface area (Å²) in [5, 5.41) is 2.55. The average Bonchev–Trinajstić information content (AvgIpc) is 2.81. The monoisotopic (exact) mass is 287 g/mol. The summed E-state index contributed by atoms with van der Waals surface area (Å²) in [6, 6.07) is 8.27. The lowest BCUT2D eigenvalue weighted by molar-refractivity contribution is -0.125. The number of imide groups is 1. The van der Waals surface area contributed by atoms with Gasteiger partial charge in [-0.15, -0.1) is 0 Å². The lowest BCUT2D eigenvalue weighted by atomic mass is 9.91. The number of fused-ring (bicyclic) bond motifs is 1. The molecule has 1 aromatic rings. The van der Waals surface area contributed by atoms with Crippen molar-refractivity contribution in [2.75, 3.05) is 31.1 Å². The maximum absolute atomic E-state index is 11.5. The number of hydrogen-bond acceptors (Lipinski definition) is 3. The Labute approximate surface area is 124 Å². The second kappa shape index (κ2) is 5.76. The van der Waals surface area contributed by atoms with Crippen molar-refractivity contribution in [1.82, 2.24) is 10.2 Å². The minimum absolute atomic E-state index is 0.118. The van der Waals surface area contributed by atoms with Crippen molar-refractivity contribution in [3.63, 3.8) is 0 Å². The Bertz CT molecular complexity index is 542. The molecule has 5 heteroatoms. The fourth-order valence-electron chi connectivity index (χ4n) is 3.15. The SMILES string of the molecule is CC1CCN(CCCN2C(=O)CNC2=O)c2ccccc21. The van der Waals surface area contributed by atoms with Gasteiger partial charge in [-0.25, -0.2) is 4.79 Å². The quantitative estimate of drug-likeness (QED) is 0.861. The highest BCUT2D eigenvalue weighted by molar-refractivity contribution is 6.01. The van der Waals surface area contributed by atoms with Crippen LogP contribution in [-0.4, -0.2) is 43.0 Å². The molecule has 21 heavy (non-hydrogen) atoms. The van der Waals surface area contributed by atoms with Gasteiger partial charge in [-0.3, -0.25) is 9.69 Å². The van der Waals surface area contributed by atoms with Gasteiger partial charge in [-0.05, 0) is 30.4 Å². The molecule has 2 aliphatic heterocycles. The number of hydrogen-bond donors (Lipinski definition) is 1. The summed E-state index contributed by atoms with van der Waals surface area (Å²) in [5.41, 5.74) is 2.70. The van der Waals surface area contributed by atoms with Crippen LogP contribution >= 0.6 is 0 Å². The number of anilines is 1. The molecule has 1 unspecified atom stereocenters. The van der Waals surface area contributed by atoms with Gasteiger partial charge in [0.1, 0.15) is 0 Å². The second-order valence-corrected chi connectivity index (χ2v) is 5.79. The number of nitrogens with one attached hydrogen (secondary N) is 1. The van der Waals surface area contributed by atoms with Crippen LogP contribution < -0.4 is 10.2 Å². The maximum Gasteiger partial charge on any atom is 0.324 e. The Morgan fingerprint density at radius 1 is 1.24 bits per heavy atom. The number of nitrogens with zero attached hydrogens (tertiary/aromatic N) is 2. The third-order valence-electron chi connectivity index (χ3n) is 4.39. The average molecular weight is 287 g/mol. The van der Waals surface area contributed by atoms with Crippen molar-refractivity contribution < 1.29 is 9.59 Å². The molecule has 2 aliphatic rings. The number of carbonyl (C=O) groups excluding carboxylic acids is 2. The van der Waals surface area contributed by atoms with E-state index in [2.05, 4.69) is 41.4 Å². The zero-order chi connectivity index (χ0) is 14.8. The lowest BCUT2D eigenvalue weighted by Crippen LogP contribution is -2.36. The van der Waals surface area contributed by atoms with Crippen LogP contribution in [0.15, 0.2) is 24.3 Å². The molecule has 112 valence electrons. The highest BCUT2D eigenvalue weighted by atomic mass is 16.2. The van der Waals surface area contributed by atoms with Gasteiger partial charge in [0.2, 0.25) is 5.91 Å². The van der Waals surface area contributed by atoms with Crippen molar-refractivity contribution in [3.8, 4) is 0 Å². The summed E-state index contributed by atoms with van der Waals surface area (Å²) >= 11 is 0. The first-order chi connectivity index (χ1) is 10.2. The highest BCUT2D eigenvalue weighted by Crippen LogP contribution is 2.34. The predicted octanol–water partition coefficient (Wildman–Crippen LogP) is 1.94. The highest BCUT2D eigenvalue weighted by Gasteiger charge is 2.28. The van der Waals surface area contributed by atoms with Crippen molar-refractivity contribution in [1.29, 1.82) is 0 Å². The first-order valence-corrected chi connectivity index (χ1v) is 7.59. The van der Waals surface area contributed by atoms with E-state index in [1.165, 1.54) is 16.2 Å². The first-order valence-electron chi connectivity index (χ1n) is 7.59. The van der Waals surface area contributed by atoms with E-state index in [1.54, 1.807) is 0 Å². The summed E-state index contributed by atoms with van der Waals surface area (Å²) in [7, 11) is 0. The van der Waals surface area contributed by atoms with Gasteiger partial charge in [0, 0.05) is 25.3 Å². The van der Waals surface area contributed by atoms with Gasteiger partial charge >= 0.3 is 6.03 Å². The van der Waals surface area contributed by atoms with Crippen LogP contribution in [0.25, 0.3) is 0 Å². The topological polar surface area (TPSA) is 52.6 Å². The molecule has 1 saturated heterocycles. The molecule has 0 saturated carbocycles. The summed E-state index contributed by atoms with van der Waals surface area (Å²) in [5.74, 6) is 0.482. The third-order valence-corrected chi connectivity index (χ3v) is 4.39. The van der Waals surface area contributed by atoms with E-state index in [-0.39, 0.29) is 18.5 Å². The summed E-state index contributed by atoms with van der Waals surface area (Å²) < 4.78 is 0. The van der Waals surface area contributed by atoms with Crippen molar-refractivity contribution in [2.45, 2.75) is 25.7 Å². The molecule has 1 N–H and O–H groups in total. The van der Waals surface area contributed by atoms with Gasteiger partial charge < -0.3 is 10.2 Å². The Morgan fingerprint density at radius 2 is 2.05 bits per heavy atom. The Morgan fingerprint density at radius 3 is 2.81 bits per heavy atom. The zero-order valence-electron chi connectivity index (χ0n) is 12.3. The van der Waals surface area contributed by atoms with E-state index < -0.39 is 0 Å². The molecule has 0 aromatic heterocycles. The fourth-order valence-corrected chi connectivity index (χ4v) is 3.15. The normalized spacial score (nSPS) is 21.5. The van der Waals surface area contributed by atoms with Gasteiger partial charge in [0.25, 0.3) is 0 Å². The Kier molecular flexibility index (Phi) is 3.82. The number of para-hydroxylation sites is 1. The van der Waals surface area contributed by atoms with Crippen molar-refractivity contribution in [3.05, 3.63) is 29.8 Å². The fraction of sp³-hybridized carbons (Fsp3) is 0.500. The van der Waals surface area contributed by atoms with E-state index in [1.807, 2.05) is 0 Å². The van der Waals surface area contributed by atoms with Crippen LogP contribution in [0.4, 0.5) is 10.5 Å². The molecule has 5 nitrogen and oxygen atoms in total. The van der Waals surface area contributed by atoms with Gasteiger partial charge in [-0.1, -0.05) is 25.1 Å². The van der Waals surface area contributed by atoms with Crippen LogP contribution in [0.5, 0.6) is 0 Å². The molecule has 2 heterocycles. The molecule has 3 rings (SSSR count). The number of amides is 3. The minimum atomic E-state index is -0.257. The van der Waals surface area contributed by atoms with Crippen LogP contribution in [0, 0.1) is 0 Å². The molecule has 0 radical (unpaired) electrons. The van der Waals surface area contributed by atoms with Gasteiger partial charge in [-0.2, -0.15) is 0 Å². The van der Waals surface area contributed by atoms with Crippen LogP contribution in [-0.2, 0) is 4.79 Å². The van der Waals surface area contributed by atoms with E-state index in [9.17, 15) is 9.59 Å². The van der Waals surface area contributed by atoms with Gasteiger partial charge in [0.05, 0.1) is 6.54 Å². The Balaban J connectivity index is 1.60. The first kappa shape index (κ1) is 13.9. The van der Waals surface area contributed by atoms with Crippen LogP contribution in [0.1, 0.15) is 31.2 Å².